The fourth-order valence-electron chi connectivity index (χ4n) is 4.28. The van der Waals surface area contributed by atoms with Crippen molar-refractivity contribution in [1.82, 2.24) is 10.2 Å². The van der Waals surface area contributed by atoms with Crippen LogP contribution in [0.2, 0.25) is 0 Å². The number of carbonyl (C=O) groups excluding carboxylic acids is 3. The Labute approximate surface area is 218 Å². The molecule has 0 aromatic heterocycles. The van der Waals surface area contributed by atoms with Gasteiger partial charge in [-0.05, 0) is 56.4 Å². The maximum Gasteiger partial charge on any atom is 0.471 e. The fourth-order valence-corrected chi connectivity index (χ4v) is 4.28. The number of carbonyl (C=O) groups is 3. The molecule has 0 radical (unpaired) electrons. The monoisotopic (exact) mass is 527 g/mol. The normalized spacial score (nSPS) is 17.5. The van der Waals surface area contributed by atoms with Crippen LogP contribution in [0.15, 0.2) is 60.8 Å². The van der Waals surface area contributed by atoms with Crippen molar-refractivity contribution in [3.8, 4) is 0 Å². The van der Waals surface area contributed by atoms with E-state index in [1.807, 2.05) is 24.3 Å². The zero-order valence-corrected chi connectivity index (χ0v) is 21.0. The number of allylic oxidation sites excluding steroid dienone is 1. The number of nitrogens with one attached hydrogen (secondary N) is 2. The highest BCUT2D eigenvalue weighted by atomic mass is 19.4. The van der Waals surface area contributed by atoms with Gasteiger partial charge in [-0.1, -0.05) is 12.2 Å². The van der Waals surface area contributed by atoms with Crippen LogP contribution in [0.5, 0.6) is 0 Å². The van der Waals surface area contributed by atoms with E-state index in [0.29, 0.717) is 10.6 Å². The van der Waals surface area contributed by atoms with Gasteiger partial charge in [0, 0.05) is 67.1 Å². The first-order chi connectivity index (χ1) is 18.1. The summed E-state index contributed by atoms with van der Waals surface area (Å²) < 4.78 is 39.8. The van der Waals surface area contributed by atoms with Gasteiger partial charge in [-0.2, -0.15) is 13.2 Å². The number of alkyl halides is 3. The fraction of sp³-hybridized carbons (Fsp3) is 0.296. The second-order valence-electron chi connectivity index (χ2n) is 9.04. The lowest BCUT2D eigenvalue weighted by Crippen LogP contribution is -2.44. The molecule has 2 aliphatic heterocycles. The third-order valence-electron chi connectivity index (χ3n) is 6.45. The predicted molar refractivity (Wildman–Crippen MR) is 140 cm³/mol. The van der Waals surface area contributed by atoms with Crippen LogP contribution in [-0.4, -0.2) is 68.6 Å². The summed E-state index contributed by atoms with van der Waals surface area (Å²) in [7, 11) is 2.09. The highest BCUT2D eigenvalue weighted by molar-refractivity contribution is 6.31. The van der Waals surface area contributed by atoms with Gasteiger partial charge in [0.1, 0.15) is 0 Å². The van der Waals surface area contributed by atoms with E-state index < -0.39 is 23.9 Å². The Hall–Kier alpha value is -4.12. The number of nitrogens with zero attached hydrogens (tertiary/aromatic N) is 3. The van der Waals surface area contributed by atoms with Crippen LogP contribution in [0.4, 0.5) is 30.2 Å². The minimum Gasteiger partial charge on any atom is -0.369 e. The van der Waals surface area contributed by atoms with Crippen LogP contribution in [0, 0.1) is 0 Å². The summed E-state index contributed by atoms with van der Waals surface area (Å²) in [5, 5.41) is 5.27. The standard InChI is InChI=1S/C27H28F3N5O3/c1-3-4-11-35(26(38)27(28,29)30)20-9-10-21-22(16-20)23(25(37)32-24(21)36)17-31-18-5-7-19(8-6-18)34-14-12-33(2)13-15-34/h3-10,16-17,31H,11-15H2,1-2H3,(H,32,36,37)/b4-3+,23-17?. The summed E-state index contributed by atoms with van der Waals surface area (Å²) in [5.41, 5.74) is 1.95. The summed E-state index contributed by atoms with van der Waals surface area (Å²) in [6, 6.07) is 11.4. The Balaban J connectivity index is 1.62. The molecule has 11 heteroatoms. The molecule has 2 heterocycles. The quantitative estimate of drug-likeness (QED) is 0.339. The van der Waals surface area contributed by atoms with E-state index in [2.05, 4.69) is 27.5 Å². The zero-order valence-electron chi connectivity index (χ0n) is 21.0. The highest BCUT2D eigenvalue weighted by Gasteiger charge is 2.43. The summed E-state index contributed by atoms with van der Waals surface area (Å²) >= 11 is 0. The molecule has 0 spiro atoms. The van der Waals surface area contributed by atoms with Crippen molar-refractivity contribution in [3.63, 3.8) is 0 Å². The van der Waals surface area contributed by atoms with Crippen LogP contribution >= 0.6 is 0 Å². The topological polar surface area (TPSA) is 85.0 Å². The van der Waals surface area contributed by atoms with Crippen LogP contribution in [0.3, 0.4) is 0 Å². The lowest BCUT2D eigenvalue weighted by atomic mass is 9.94. The van der Waals surface area contributed by atoms with Gasteiger partial charge in [-0.15, -0.1) is 0 Å². The van der Waals surface area contributed by atoms with Crippen molar-refractivity contribution in [3.05, 3.63) is 71.9 Å². The third kappa shape index (κ3) is 5.88. The Bertz CT molecular complexity index is 1280. The van der Waals surface area contributed by atoms with Crippen molar-refractivity contribution >= 4 is 40.4 Å². The van der Waals surface area contributed by atoms with Crippen molar-refractivity contribution in [2.45, 2.75) is 13.1 Å². The molecule has 2 aromatic carbocycles. The van der Waals surface area contributed by atoms with E-state index in [0.717, 1.165) is 31.9 Å². The van der Waals surface area contributed by atoms with Gasteiger partial charge in [-0.25, -0.2) is 0 Å². The molecular weight excluding hydrogens is 499 g/mol. The second kappa shape index (κ2) is 11.1. The van der Waals surface area contributed by atoms with Crippen LogP contribution < -0.4 is 20.4 Å². The molecule has 2 aliphatic rings. The van der Waals surface area contributed by atoms with E-state index in [4.69, 9.17) is 0 Å². The molecule has 2 aromatic rings. The Kier molecular flexibility index (Phi) is 7.86. The molecule has 0 aliphatic carbocycles. The molecule has 0 unspecified atom stereocenters. The van der Waals surface area contributed by atoms with Gasteiger partial charge in [0.2, 0.25) is 0 Å². The number of hydrogen-bond acceptors (Lipinski definition) is 6. The number of halogens is 3. The van der Waals surface area contributed by atoms with E-state index in [1.165, 1.54) is 36.6 Å². The number of anilines is 3. The summed E-state index contributed by atoms with van der Waals surface area (Å²) in [4.78, 5) is 42.3. The predicted octanol–water partition coefficient (Wildman–Crippen LogP) is 3.63. The lowest BCUT2D eigenvalue weighted by molar-refractivity contribution is -0.170. The molecule has 38 heavy (non-hydrogen) atoms. The third-order valence-corrected chi connectivity index (χ3v) is 6.45. The Morgan fingerprint density at radius 1 is 1.03 bits per heavy atom. The summed E-state index contributed by atoms with van der Waals surface area (Å²) in [6.07, 6.45) is -0.764. The van der Waals surface area contributed by atoms with Crippen LogP contribution in [0.1, 0.15) is 22.8 Å². The van der Waals surface area contributed by atoms with Gasteiger partial charge < -0.3 is 20.0 Å². The molecule has 0 saturated carbocycles. The minimum atomic E-state index is -5.10. The molecule has 1 fully saturated rings. The van der Waals surface area contributed by atoms with Gasteiger partial charge in [0.05, 0.1) is 5.57 Å². The van der Waals surface area contributed by atoms with Crippen molar-refractivity contribution in [2.24, 2.45) is 0 Å². The van der Waals surface area contributed by atoms with Gasteiger partial charge in [0.15, 0.2) is 0 Å². The maximum absolute atomic E-state index is 13.3. The lowest BCUT2D eigenvalue weighted by Gasteiger charge is -2.34. The summed E-state index contributed by atoms with van der Waals surface area (Å²) in [6.45, 7) is 5.08. The molecule has 1 saturated heterocycles. The van der Waals surface area contributed by atoms with Crippen LogP contribution in [-0.2, 0) is 9.59 Å². The SMILES string of the molecule is C/C=C/CN(C(=O)C(F)(F)F)c1ccc2c(c1)C(=CNc1ccc(N3CCN(C)CC3)cc1)C(=O)NC2=O. The molecular formula is C27H28F3N5O3. The molecule has 2 N–H and O–H groups in total. The average Bonchev–Trinajstić information content (AvgIpc) is 2.89. The highest BCUT2D eigenvalue weighted by Crippen LogP contribution is 2.31. The number of fused-ring (bicyclic) bond motifs is 1. The zero-order chi connectivity index (χ0) is 27.4. The molecule has 3 amide bonds. The number of hydrogen-bond donors (Lipinski definition) is 2. The number of piperazine rings is 1. The number of likely N-dealkylation sites (N-methyl/N-ethyl adjacent to an activating group) is 1. The first-order valence-electron chi connectivity index (χ1n) is 12.1. The van der Waals surface area contributed by atoms with E-state index in [1.54, 1.807) is 6.92 Å². The number of benzene rings is 2. The first-order valence-corrected chi connectivity index (χ1v) is 12.1. The average molecular weight is 528 g/mol. The van der Waals surface area contributed by atoms with Gasteiger partial charge >= 0.3 is 12.1 Å². The van der Waals surface area contributed by atoms with Crippen LogP contribution in [0.25, 0.3) is 5.57 Å². The smallest absolute Gasteiger partial charge is 0.369 e. The maximum atomic E-state index is 13.3. The Morgan fingerprint density at radius 3 is 2.34 bits per heavy atom. The van der Waals surface area contributed by atoms with Crippen molar-refractivity contribution in [2.75, 3.05) is 54.9 Å². The van der Waals surface area contributed by atoms with Gasteiger partial charge in [-0.3, -0.25) is 19.7 Å². The Morgan fingerprint density at radius 2 is 1.71 bits per heavy atom. The molecule has 0 bridgehead atoms. The molecule has 8 nitrogen and oxygen atoms in total. The number of amides is 3. The largest absolute Gasteiger partial charge is 0.471 e. The van der Waals surface area contributed by atoms with E-state index >= 15 is 0 Å². The van der Waals surface area contributed by atoms with E-state index in [-0.39, 0.29) is 28.9 Å². The minimum absolute atomic E-state index is 0.0510. The van der Waals surface area contributed by atoms with Crippen molar-refractivity contribution in [1.29, 1.82) is 0 Å². The number of imide groups is 1. The number of rotatable bonds is 6. The van der Waals surface area contributed by atoms with Crippen molar-refractivity contribution < 1.29 is 27.6 Å². The van der Waals surface area contributed by atoms with Gasteiger partial charge in [0.25, 0.3) is 11.8 Å². The molecule has 0 atom stereocenters. The molecule has 4 rings (SSSR count). The second-order valence-corrected chi connectivity index (χ2v) is 9.04. The first kappa shape index (κ1) is 26.9. The van der Waals surface area contributed by atoms with E-state index in [9.17, 15) is 27.6 Å². The molecule has 200 valence electrons. The summed E-state index contributed by atoms with van der Waals surface area (Å²) in [5.74, 6) is -3.43.